The summed E-state index contributed by atoms with van der Waals surface area (Å²) in [6.07, 6.45) is -3.04. The molecule has 1 aromatic rings. The molecule has 1 N–H and O–H groups in total. The highest BCUT2D eigenvalue weighted by Gasteiger charge is 2.26. The van der Waals surface area contributed by atoms with Crippen LogP contribution in [-0.4, -0.2) is 15.0 Å². The number of halogens is 3. The van der Waals surface area contributed by atoms with E-state index in [1.54, 1.807) is 0 Å². The van der Waals surface area contributed by atoms with E-state index in [0.717, 1.165) is 6.07 Å². The van der Waals surface area contributed by atoms with Gasteiger partial charge in [0, 0.05) is 6.07 Å². The number of alkyl halides is 2. The smallest absolute Gasteiger partial charge is 0.377 e. The zero-order chi connectivity index (χ0) is 10.9. The summed E-state index contributed by atoms with van der Waals surface area (Å²) >= 11 is 1.53. The Balaban J connectivity index is 3.34. The number of hydrogen-bond acceptors (Lipinski definition) is 4. The molecule has 0 unspecified atom stereocenters. The van der Waals surface area contributed by atoms with Crippen LogP contribution in [0.4, 0.5) is 14.6 Å². The molecule has 0 saturated carbocycles. The molecule has 0 aliphatic rings. The molecule has 8 heteroatoms. The van der Waals surface area contributed by atoms with Crippen LogP contribution < -0.4 is 0 Å². The van der Waals surface area contributed by atoms with Gasteiger partial charge in [-0.2, -0.15) is 0 Å². The molecule has 0 atom stereocenters. The Kier molecular flexibility index (Phi) is 3.13. The van der Waals surface area contributed by atoms with Gasteiger partial charge in [0.1, 0.15) is 3.57 Å². The van der Waals surface area contributed by atoms with Gasteiger partial charge in [-0.3, -0.25) is 0 Å². The molecule has 0 fully saturated rings. The molecule has 0 aromatic carbocycles. The maximum atomic E-state index is 12.2. The zero-order valence-corrected chi connectivity index (χ0v) is 8.60. The minimum atomic E-state index is -3.04. The van der Waals surface area contributed by atoms with Crippen LogP contribution in [0.3, 0.4) is 0 Å². The highest BCUT2D eigenvalue weighted by Crippen LogP contribution is 2.31. The van der Waals surface area contributed by atoms with Crippen LogP contribution in [0.25, 0.3) is 0 Å². The molecule has 1 rings (SSSR count). The predicted octanol–water partition coefficient (Wildman–Crippen LogP) is 2.24. The van der Waals surface area contributed by atoms with Gasteiger partial charge in [-0.15, -0.1) is 0 Å². The van der Waals surface area contributed by atoms with Crippen LogP contribution in [0.15, 0.2) is 6.07 Å². The maximum Gasteiger partial charge on any atom is 0.377 e. The van der Waals surface area contributed by atoms with Crippen molar-refractivity contribution in [3.05, 3.63) is 25.4 Å². The van der Waals surface area contributed by atoms with Crippen molar-refractivity contribution in [1.82, 2.24) is 4.98 Å². The van der Waals surface area contributed by atoms with Crippen molar-refractivity contribution in [1.29, 1.82) is 0 Å². The summed E-state index contributed by atoms with van der Waals surface area (Å²) in [5, 5.41) is 19.3. The molecule has 76 valence electrons. The van der Waals surface area contributed by atoms with Crippen molar-refractivity contribution < 1.29 is 18.8 Å². The Bertz CT molecular complexity index is 386. The number of aromatic nitrogens is 1. The average Bonchev–Trinajstić information content (AvgIpc) is 2.02. The van der Waals surface area contributed by atoms with Crippen molar-refractivity contribution in [2.75, 3.05) is 0 Å². The summed E-state index contributed by atoms with van der Waals surface area (Å²) in [4.78, 5) is 12.5. The summed E-state index contributed by atoms with van der Waals surface area (Å²) < 4.78 is 24.3. The molecule has 5 nitrogen and oxygen atoms in total. The predicted molar refractivity (Wildman–Crippen MR) is 50.2 cm³/mol. The fraction of sp³-hybridized carbons (Fsp3) is 0.167. The molecule has 0 bridgehead atoms. The summed E-state index contributed by atoms with van der Waals surface area (Å²) in [7, 11) is 0. The number of nitro groups is 1. The van der Waals surface area contributed by atoms with E-state index >= 15 is 0 Å². The second-order valence-electron chi connectivity index (χ2n) is 2.26. The summed E-state index contributed by atoms with van der Waals surface area (Å²) in [5.74, 6) is -1.42. The van der Waals surface area contributed by atoms with E-state index in [9.17, 15) is 18.9 Å². The lowest BCUT2D eigenvalue weighted by molar-refractivity contribution is -0.390. The van der Waals surface area contributed by atoms with Crippen molar-refractivity contribution in [2.24, 2.45) is 0 Å². The first-order chi connectivity index (χ1) is 6.43. The van der Waals surface area contributed by atoms with E-state index in [2.05, 4.69) is 4.98 Å². The summed E-state index contributed by atoms with van der Waals surface area (Å²) in [5.41, 5.74) is -0.975. The molecule has 14 heavy (non-hydrogen) atoms. The Hall–Kier alpha value is -1.06. The second kappa shape index (κ2) is 3.98. The van der Waals surface area contributed by atoms with Gasteiger partial charge < -0.3 is 15.2 Å². The molecule has 0 radical (unpaired) electrons. The van der Waals surface area contributed by atoms with Gasteiger partial charge in [0.05, 0.1) is 0 Å². The molecular formula is C6H3F2IN2O3. The molecule has 1 heterocycles. The first kappa shape index (κ1) is 11.0. The third kappa shape index (κ3) is 2.05. The average molecular weight is 316 g/mol. The Morgan fingerprint density at radius 3 is 2.64 bits per heavy atom. The molecule has 1 aromatic heterocycles. The van der Waals surface area contributed by atoms with Gasteiger partial charge >= 0.3 is 12.2 Å². The van der Waals surface area contributed by atoms with Crippen LogP contribution in [0.1, 0.15) is 12.1 Å². The first-order valence-corrected chi connectivity index (χ1v) is 4.33. The van der Waals surface area contributed by atoms with Gasteiger partial charge in [0.25, 0.3) is 5.69 Å². The van der Waals surface area contributed by atoms with E-state index in [0.29, 0.717) is 0 Å². The number of rotatable bonds is 2. The lowest BCUT2D eigenvalue weighted by Crippen LogP contribution is -2.00. The van der Waals surface area contributed by atoms with E-state index in [1.165, 1.54) is 22.6 Å². The first-order valence-electron chi connectivity index (χ1n) is 3.25. The largest absolute Gasteiger partial charge is 0.504 e. The lowest BCUT2D eigenvalue weighted by atomic mass is 10.3. The van der Waals surface area contributed by atoms with Crippen LogP contribution in [0.5, 0.6) is 5.75 Å². The van der Waals surface area contributed by atoms with Gasteiger partial charge in [0.2, 0.25) is 0 Å². The number of nitrogens with zero attached hydrogens (tertiary/aromatic N) is 2. The highest BCUT2D eigenvalue weighted by atomic mass is 127. The van der Waals surface area contributed by atoms with E-state index in [4.69, 9.17) is 5.11 Å². The summed E-state index contributed by atoms with van der Waals surface area (Å²) in [6, 6.07) is 0.882. The number of pyridine rings is 1. The van der Waals surface area contributed by atoms with Crippen molar-refractivity contribution in [3.63, 3.8) is 0 Å². The summed E-state index contributed by atoms with van der Waals surface area (Å²) in [6.45, 7) is 0. The second-order valence-corrected chi connectivity index (χ2v) is 3.42. The monoisotopic (exact) mass is 316 g/mol. The van der Waals surface area contributed by atoms with Gasteiger partial charge in [-0.05, 0) is 32.5 Å². The van der Waals surface area contributed by atoms with Gasteiger partial charge in [0.15, 0.2) is 5.75 Å². The van der Waals surface area contributed by atoms with Crippen molar-refractivity contribution in [2.45, 2.75) is 6.43 Å². The number of aromatic hydroxyl groups is 1. The minimum Gasteiger partial charge on any atom is -0.504 e. The minimum absolute atomic E-state index is 0.00880. The van der Waals surface area contributed by atoms with E-state index in [1.807, 2.05) is 0 Å². The van der Waals surface area contributed by atoms with Crippen LogP contribution >= 0.6 is 22.6 Å². The Morgan fingerprint density at radius 2 is 2.21 bits per heavy atom. The molecule has 0 saturated heterocycles. The Labute approximate surface area is 90.1 Å². The topological polar surface area (TPSA) is 76.3 Å². The zero-order valence-electron chi connectivity index (χ0n) is 6.45. The van der Waals surface area contributed by atoms with Crippen molar-refractivity contribution in [3.8, 4) is 5.75 Å². The fourth-order valence-corrected chi connectivity index (χ4v) is 1.38. The quantitative estimate of drug-likeness (QED) is 0.516. The molecule has 0 aliphatic heterocycles. The molecule has 0 amide bonds. The fourth-order valence-electron chi connectivity index (χ4n) is 0.772. The third-order valence-electron chi connectivity index (χ3n) is 1.35. The van der Waals surface area contributed by atoms with Gasteiger partial charge in [-0.1, -0.05) is 0 Å². The lowest BCUT2D eigenvalue weighted by Gasteiger charge is -2.00. The normalized spacial score (nSPS) is 10.6. The van der Waals surface area contributed by atoms with Gasteiger partial charge in [-0.25, -0.2) is 8.78 Å². The maximum absolute atomic E-state index is 12.2. The van der Waals surface area contributed by atoms with E-state index < -0.39 is 28.6 Å². The number of hydrogen-bond donors (Lipinski definition) is 1. The third-order valence-corrected chi connectivity index (χ3v) is 2.14. The SMILES string of the molecule is O=[N+]([O-])c1nc(C(F)F)c(O)cc1I. The van der Waals surface area contributed by atoms with Crippen LogP contribution in [0, 0.1) is 13.7 Å². The van der Waals surface area contributed by atoms with Crippen molar-refractivity contribution >= 4 is 28.4 Å². The molecule has 0 aliphatic carbocycles. The highest BCUT2D eigenvalue weighted by molar-refractivity contribution is 14.1. The molecular weight excluding hydrogens is 313 g/mol. The Morgan fingerprint density at radius 1 is 1.64 bits per heavy atom. The molecule has 0 spiro atoms. The van der Waals surface area contributed by atoms with E-state index in [-0.39, 0.29) is 3.57 Å². The van der Waals surface area contributed by atoms with Crippen LogP contribution in [-0.2, 0) is 0 Å². The van der Waals surface area contributed by atoms with Crippen LogP contribution in [0.2, 0.25) is 0 Å². The standard InChI is InChI=1S/C6H3F2IN2O3/c7-5(8)4-3(12)1-2(9)6(10-4)11(13)14/h1,5,12H.